The maximum atomic E-state index is 11.8. The van der Waals surface area contributed by atoms with Gasteiger partial charge >= 0.3 is 5.97 Å². The van der Waals surface area contributed by atoms with E-state index in [-0.39, 0.29) is 12.1 Å². The van der Waals surface area contributed by atoms with Gasteiger partial charge in [-0.1, -0.05) is 6.08 Å². The molecular weight excluding hydrogens is 316 g/mol. The summed E-state index contributed by atoms with van der Waals surface area (Å²) >= 11 is 0. The Kier molecular flexibility index (Phi) is 8.80. The number of nitrogens with zero attached hydrogens (tertiary/aromatic N) is 2. The second-order valence-corrected chi connectivity index (χ2v) is 7.01. The summed E-state index contributed by atoms with van der Waals surface area (Å²) in [6.45, 7) is 7.68. The van der Waals surface area contributed by atoms with Crippen LogP contribution in [0.2, 0.25) is 0 Å². The molecule has 0 aromatic heterocycles. The fourth-order valence-electron chi connectivity index (χ4n) is 3.52. The van der Waals surface area contributed by atoms with Crippen molar-refractivity contribution in [1.82, 2.24) is 15.5 Å². The van der Waals surface area contributed by atoms with Gasteiger partial charge in [0, 0.05) is 45.7 Å². The lowest BCUT2D eigenvalue weighted by atomic mass is 10.1. The predicted octanol–water partition coefficient (Wildman–Crippen LogP) is 2.07. The zero-order chi connectivity index (χ0) is 17.9. The summed E-state index contributed by atoms with van der Waals surface area (Å²) in [4.78, 5) is 18.5. The summed E-state index contributed by atoms with van der Waals surface area (Å²) in [6, 6.07) is 0.458. The number of piperidine rings is 1. The number of hydrogen-bond acceptors (Lipinski definition) is 4. The number of aliphatic imine (C=N–C) groups is 1. The van der Waals surface area contributed by atoms with Crippen LogP contribution in [0.4, 0.5) is 0 Å². The third-order valence-electron chi connectivity index (χ3n) is 4.99. The van der Waals surface area contributed by atoms with E-state index in [4.69, 9.17) is 4.74 Å². The van der Waals surface area contributed by atoms with Gasteiger partial charge in [-0.3, -0.25) is 14.7 Å². The molecular formula is C19H34N4O2. The van der Waals surface area contributed by atoms with Gasteiger partial charge in [0.15, 0.2) is 5.96 Å². The summed E-state index contributed by atoms with van der Waals surface area (Å²) in [5.74, 6) is 0.762. The van der Waals surface area contributed by atoms with Crippen LogP contribution in [0.3, 0.4) is 0 Å². The molecule has 1 aliphatic heterocycles. The van der Waals surface area contributed by atoms with Gasteiger partial charge in [-0.15, -0.1) is 6.58 Å². The van der Waals surface area contributed by atoms with Crippen molar-refractivity contribution in [3.05, 3.63) is 12.7 Å². The van der Waals surface area contributed by atoms with Gasteiger partial charge in [0.05, 0.1) is 0 Å². The molecule has 2 aliphatic rings. The maximum Gasteiger partial charge on any atom is 0.306 e. The van der Waals surface area contributed by atoms with Crippen LogP contribution in [0.25, 0.3) is 0 Å². The van der Waals surface area contributed by atoms with Crippen molar-refractivity contribution < 1.29 is 9.53 Å². The van der Waals surface area contributed by atoms with E-state index in [2.05, 4.69) is 27.1 Å². The number of esters is 1. The number of carbonyl (C=O) groups is 1. The lowest BCUT2D eigenvalue weighted by Crippen LogP contribution is -2.48. The van der Waals surface area contributed by atoms with E-state index in [1.54, 1.807) is 7.05 Å². The zero-order valence-electron chi connectivity index (χ0n) is 15.6. The van der Waals surface area contributed by atoms with E-state index in [1.165, 1.54) is 12.8 Å². The first-order valence-corrected chi connectivity index (χ1v) is 9.71. The zero-order valence-corrected chi connectivity index (χ0v) is 15.6. The van der Waals surface area contributed by atoms with E-state index in [1.807, 2.05) is 6.08 Å². The quantitative estimate of drug-likeness (QED) is 0.231. The molecule has 0 spiro atoms. The summed E-state index contributed by atoms with van der Waals surface area (Å²) in [6.07, 6.45) is 10.0. The van der Waals surface area contributed by atoms with E-state index in [0.717, 1.165) is 64.2 Å². The number of ether oxygens (including phenoxy) is 1. The van der Waals surface area contributed by atoms with Crippen LogP contribution >= 0.6 is 0 Å². The molecule has 1 aliphatic carbocycles. The molecule has 0 bridgehead atoms. The van der Waals surface area contributed by atoms with Crippen LogP contribution in [0, 0.1) is 0 Å². The highest BCUT2D eigenvalue weighted by Gasteiger charge is 2.20. The Bertz CT molecular complexity index is 439. The second-order valence-electron chi connectivity index (χ2n) is 7.01. The molecule has 25 heavy (non-hydrogen) atoms. The van der Waals surface area contributed by atoms with E-state index < -0.39 is 0 Å². The van der Waals surface area contributed by atoms with Crippen molar-refractivity contribution in [2.24, 2.45) is 4.99 Å². The van der Waals surface area contributed by atoms with Crippen LogP contribution in [0.5, 0.6) is 0 Å². The summed E-state index contributed by atoms with van der Waals surface area (Å²) in [7, 11) is 1.79. The Hall–Kier alpha value is -1.56. The smallest absolute Gasteiger partial charge is 0.306 e. The van der Waals surface area contributed by atoms with Crippen molar-refractivity contribution in [2.45, 2.75) is 63.5 Å². The van der Waals surface area contributed by atoms with Crippen LogP contribution in [0.1, 0.15) is 51.4 Å². The van der Waals surface area contributed by atoms with Crippen molar-refractivity contribution in [3.63, 3.8) is 0 Å². The van der Waals surface area contributed by atoms with Crippen molar-refractivity contribution in [1.29, 1.82) is 0 Å². The molecule has 0 unspecified atom stereocenters. The van der Waals surface area contributed by atoms with Gasteiger partial charge in [0.2, 0.25) is 0 Å². The standard InChI is InChI=1S/C19H34N4O2/c1-3-13-23-14-10-16(11-15-23)22-19(20-2)21-12-6-9-18(24)25-17-7-4-5-8-17/h3,16-17H,1,4-15H2,2H3,(H2,20,21,22). The van der Waals surface area contributed by atoms with Crippen molar-refractivity contribution >= 4 is 11.9 Å². The number of nitrogens with one attached hydrogen (secondary N) is 2. The molecule has 6 heteroatoms. The molecule has 0 amide bonds. The van der Waals surface area contributed by atoms with Crippen LogP contribution in [0.15, 0.2) is 17.6 Å². The van der Waals surface area contributed by atoms with Crippen molar-refractivity contribution in [2.75, 3.05) is 33.2 Å². The first-order chi connectivity index (χ1) is 12.2. The molecule has 0 radical (unpaired) electrons. The van der Waals surface area contributed by atoms with Gasteiger partial charge in [-0.05, 0) is 44.9 Å². The van der Waals surface area contributed by atoms with Gasteiger partial charge in [0.25, 0.3) is 0 Å². The van der Waals surface area contributed by atoms with Crippen LogP contribution in [-0.2, 0) is 9.53 Å². The molecule has 1 saturated heterocycles. The van der Waals surface area contributed by atoms with Gasteiger partial charge in [-0.2, -0.15) is 0 Å². The SMILES string of the molecule is C=CCN1CCC(NC(=NC)NCCCC(=O)OC2CCCC2)CC1. The number of rotatable bonds is 8. The molecule has 0 atom stereocenters. The fraction of sp³-hybridized carbons (Fsp3) is 0.789. The number of likely N-dealkylation sites (tertiary alicyclic amines) is 1. The Morgan fingerprint density at radius 1 is 1.28 bits per heavy atom. The largest absolute Gasteiger partial charge is 0.462 e. The Balaban J connectivity index is 1.56. The Morgan fingerprint density at radius 3 is 2.64 bits per heavy atom. The minimum absolute atomic E-state index is 0.0637. The number of hydrogen-bond donors (Lipinski definition) is 2. The molecule has 2 N–H and O–H groups in total. The first kappa shape index (κ1) is 19.8. The summed E-state index contributed by atoms with van der Waals surface area (Å²) in [5.41, 5.74) is 0. The molecule has 2 rings (SSSR count). The highest BCUT2D eigenvalue weighted by molar-refractivity contribution is 5.80. The molecule has 1 saturated carbocycles. The van der Waals surface area contributed by atoms with Crippen molar-refractivity contribution in [3.8, 4) is 0 Å². The Morgan fingerprint density at radius 2 is 2.00 bits per heavy atom. The van der Waals surface area contributed by atoms with E-state index in [9.17, 15) is 4.79 Å². The average Bonchev–Trinajstić information content (AvgIpc) is 3.12. The highest BCUT2D eigenvalue weighted by atomic mass is 16.5. The molecule has 6 nitrogen and oxygen atoms in total. The minimum Gasteiger partial charge on any atom is -0.462 e. The highest BCUT2D eigenvalue weighted by Crippen LogP contribution is 2.21. The lowest BCUT2D eigenvalue weighted by molar-refractivity contribution is -0.148. The van der Waals surface area contributed by atoms with Gasteiger partial charge < -0.3 is 15.4 Å². The summed E-state index contributed by atoms with van der Waals surface area (Å²) < 4.78 is 5.47. The Labute approximate surface area is 152 Å². The molecule has 0 aromatic rings. The van der Waals surface area contributed by atoms with Crippen LogP contribution < -0.4 is 10.6 Å². The topological polar surface area (TPSA) is 66.0 Å². The fourth-order valence-corrected chi connectivity index (χ4v) is 3.52. The van der Waals surface area contributed by atoms with E-state index >= 15 is 0 Å². The third-order valence-corrected chi connectivity index (χ3v) is 4.99. The van der Waals surface area contributed by atoms with Gasteiger partial charge in [0.1, 0.15) is 6.10 Å². The normalized spacial score (nSPS) is 20.4. The molecule has 2 fully saturated rings. The summed E-state index contributed by atoms with van der Waals surface area (Å²) in [5, 5.41) is 6.79. The third kappa shape index (κ3) is 7.46. The minimum atomic E-state index is -0.0637. The number of carbonyl (C=O) groups excluding carboxylic acids is 1. The lowest BCUT2D eigenvalue weighted by Gasteiger charge is -2.32. The average molecular weight is 351 g/mol. The molecule has 1 heterocycles. The van der Waals surface area contributed by atoms with E-state index in [0.29, 0.717) is 12.5 Å². The second kappa shape index (κ2) is 11.1. The van der Waals surface area contributed by atoms with Crippen LogP contribution in [-0.4, -0.2) is 62.2 Å². The monoisotopic (exact) mass is 350 g/mol. The molecule has 0 aromatic carbocycles. The van der Waals surface area contributed by atoms with Gasteiger partial charge in [-0.25, -0.2) is 0 Å². The number of guanidine groups is 1. The maximum absolute atomic E-state index is 11.8. The predicted molar refractivity (Wildman–Crippen MR) is 102 cm³/mol. The molecule has 142 valence electrons. The first-order valence-electron chi connectivity index (χ1n) is 9.71.